The van der Waals surface area contributed by atoms with Crippen molar-refractivity contribution >= 4 is 39.3 Å². The van der Waals surface area contributed by atoms with Crippen molar-refractivity contribution in [3.05, 3.63) is 78.4 Å². The van der Waals surface area contributed by atoms with Crippen LogP contribution in [-0.4, -0.2) is 67.0 Å². The molecule has 0 unspecified atom stereocenters. The van der Waals surface area contributed by atoms with Crippen LogP contribution in [0.2, 0.25) is 0 Å². The third-order valence-electron chi connectivity index (χ3n) is 6.89. The topological polar surface area (TPSA) is 162 Å². The molecular weight excluding hydrogens is 576 g/mol. The van der Waals surface area contributed by atoms with Gasteiger partial charge in [0.05, 0.1) is 29.8 Å². The van der Waals surface area contributed by atoms with Crippen LogP contribution in [0.25, 0.3) is 11.1 Å². The van der Waals surface area contributed by atoms with E-state index >= 15 is 0 Å². The number of fused-ring (bicyclic) bond motifs is 1. The standard InChI is InChI=1S/C30H36N4O6S2/c1-30(2,32-16-22(36)18-35)15-28(37)33-24-19-41-26-9-5-4-8-25(26)34(29(24)38)17-20-11-13-21(14-12-20)23-7-3-6-10-27(23)42(31,39)40/h3-14,22,24,32,35-36H,15-19H2,1-2H3,(H,33,37)(H2,31,39,40)/t22-,24+/m0/s1. The Balaban J connectivity index is 1.53. The van der Waals surface area contributed by atoms with Gasteiger partial charge < -0.3 is 25.7 Å². The summed E-state index contributed by atoms with van der Waals surface area (Å²) in [5, 5.41) is 30.1. The SMILES string of the molecule is CC(C)(CC(=O)N[C@@H]1CSc2ccccc2N(Cc2ccc(-c3ccccc3S(N)(=O)=O)cc2)C1=O)NC[C@H](O)CO. The third-order valence-corrected chi connectivity index (χ3v) is 9.01. The van der Waals surface area contributed by atoms with Gasteiger partial charge in [0.2, 0.25) is 15.9 Å². The van der Waals surface area contributed by atoms with Crippen molar-refractivity contribution in [1.82, 2.24) is 10.6 Å². The van der Waals surface area contributed by atoms with Crippen LogP contribution in [0.15, 0.2) is 82.6 Å². The average molecular weight is 613 g/mol. The number of carbonyl (C=O) groups is 2. The van der Waals surface area contributed by atoms with Gasteiger partial charge in [0.15, 0.2) is 0 Å². The first-order valence-electron chi connectivity index (χ1n) is 13.5. The van der Waals surface area contributed by atoms with Crippen LogP contribution in [0.4, 0.5) is 5.69 Å². The van der Waals surface area contributed by atoms with E-state index in [9.17, 15) is 23.1 Å². The van der Waals surface area contributed by atoms with E-state index in [2.05, 4.69) is 10.6 Å². The van der Waals surface area contributed by atoms with Crippen LogP contribution in [0.3, 0.4) is 0 Å². The highest BCUT2D eigenvalue weighted by atomic mass is 32.2. The van der Waals surface area contributed by atoms with Gasteiger partial charge in [0.1, 0.15) is 6.04 Å². The van der Waals surface area contributed by atoms with Gasteiger partial charge in [-0.15, -0.1) is 11.8 Å². The summed E-state index contributed by atoms with van der Waals surface area (Å²) in [7, 11) is -3.91. The number of sulfonamides is 1. The quantitative estimate of drug-likeness (QED) is 0.220. The number of primary sulfonamides is 1. The maximum Gasteiger partial charge on any atom is 0.250 e. The van der Waals surface area contributed by atoms with Crippen LogP contribution in [0.1, 0.15) is 25.8 Å². The molecule has 42 heavy (non-hydrogen) atoms. The normalized spacial score (nSPS) is 16.5. The van der Waals surface area contributed by atoms with Gasteiger partial charge in [-0.25, -0.2) is 13.6 Å². The van der Waals surface area contributed by atoms with Gasteiger partial charge in [0.25, 0.3) is 5.91 Å². The molecule has 0 fully saturated rings. The number of hydrogen-bond donors (Lipinski definition) is 5. The smallest absolute Gasteiger partial charge is 0.250 e. The Hall–Kier alpha value is -3.26. The number of amides is 2. The second-order valence-electron chi connectivity index (χ2n) is 10.8. The Morgan fingerprint density at radius 3 is 2.45 bits per heavy atom. The van der Waals surface area contributed by atoms with Crippen LogP contribution >= 0.6 is 11.8 Å². The van der Waals surface area contributed by atoms with E-state index < -0.39 is 27.7 Å². The van der Waals surface area contributed by atoms with Gasteiger partial charge in [-0.1, -0.05) is 54.6 Å². The number of para-hydroxylation sites is 1. The molecule has 1 aliphatic rings. The monoisotopic (exact) mass is 612 g/mol. The lowest BCUT2D eigenvalue weighted by molar-refractivity contribution is -0.128. The number of carbonyl (C=O) groups excluding carboxylic acids is 2. The molecule has 1 aliphatic heterocycles. The minimum atomic E-state index is -3.91. The molecule has 0 radical (unpaired) electrons. The second-order valence-corrected chi connectivity index (χ2v) is 13.4. The van der Waals surface area contributed by atoms with Crippen LogP contribution < -0.4 is 20.7 Å². The Kier molecular flexibility index (Phi) is 10.1. The fourth-order valence-corrected chi connectivity index (χ4v) is 6.55. The van der Waals surface area contributed by atoms with E-state index in [1.165, 1.54) is 17.8 Å². The molecule has 0 bridgehead atoms. The van der Waals surface area contributed by atoms with Gasteiger partial charge in [-0.05, 0) is 43.2 Å². The molecule has 6 N–H and O–H groups in total. The minimum Gasteiger partial charge on any atom is -0.394 e. The zero-order chi connectivity index (χ0) is 30.5. The summed E-state index contributed by atoms with van der Waals surface area (Å²) in [6.45, 7) is 3.61. The van der Waals surface area contributed by atoms with Crippen molar-refractivity contribution in [2.45, 2.75) is 54.3 Å². The largest absolute Gasteiger partial charge is 0.394 e. The van der Waals surface area contributed by atoms with Crippen molar-refractivity contribution in [2.75, 3.05) is 23.8 Å². The highest BCUT2D eigenvalue weighted by Gasteiger charge is 2.33. The Labute approximate surface area is 250 Å². The lowest BCUT2D eigenvalue weighted by atomic mass is 9.99. The van der Waals surface area contributed by atoms with Gasteiger partial charge >= 0.3 is 0 Å². The van der Waals surface area contributed by atoms with E-state index in [-0.39, 0.29) is 42.8 Å². The summed E-state index contributed by atoms with van der Waals surface area (Å²) in [4.78, 5) is 29.5. The first kappa shape index (κ1) is 31.7. The highest BCUT2D eigenvalue weighted by molar-refractivity contribution is 7.99. The number of hydrogen-bond acceptors (Lipinski definition) is 8. The Bertz CT molecular complexity index is 1530. The number of nitrogens with one attached hydrogen (secondary N) is 2. The fourth-order valence-electron chi connectivity index (χ4n) is 4.71. The van der Waals surface area contributed by atoms with E-state index in [0.717, 1.165) is 16.1 Å². The molecule has 0 saturated carbocycles. The zero-order valence-corrected chi connectivity index (χ0v) is 25.1. The molecule has 10 nitrogen and oxygen atoms in total. The summed E-state index contributed by atoms with van der Waals surface area (Å²) < 4.78 is 24.2. The number of rotatable bonds is 11. The number of nitrogens with two attached hydrogens (primary N) is 1. The highest BCUT2D eigenvalue weighted by Crippen LogP contribution is 2.35. The number of β-amino-alcohol motifs (C(OH)–C–C–N with tert-alkyl or cyclic N) is 1. The number of aliphatic hydroxyl groups excluding tert-OH is 2. The maximum atomic E-state index is 13.9. The van der Waals surface area contributed by atoms with E-state index in [0.29, 0.717) is 16.9 Å². The number of thioether (sulfide) groups is 1. The summed E-state index contributed by atoms with van der Waals surface area (Å²) in [6.07, 6.45) is -0.870. The van der Waals surface area contributed by atoms with Crippen molar-refractivity contribution in [3.63, 3.8) is 0 Å². The molecule has 0 aromatic heterocycles. The van der Waals surface area contributed by atoms with Gasteiger partial charge in [0, 0.05) is 34.7 Å². The molecule has 4 rings (SSSR count). The molecule has 3 aromatic carbocycles. The lowest BCUT2D eigenvalue weighted by Crippen LogP contribution is -2.52. The molecule has 3 aromatic rings. The Morgan fingerprint density at radius 2 is 1.76 bits per heavy atom. The summed E-state index contributed by atoms with van der Waals surface area (Å²) in [5.74, 6) is -0.196. The third kappa shape index (κ3) is 7.97. The lowest BCUT2D eigenvalue weighted by Gasteiger charge is -2.29. The van der Waals surface area contributed by atoms with Crippen LogP contribution in [-0.2, 0) is 26.2 Å². The molecule has 1 heterocycles. The average Bonchev–Trinajstić information content (AvgIpc) is 3.08. The van der Waals surface area contributed by atoms with Crippen molar-refractivity contribution in [1.29, 1.82) is 0 Å². The van der Waals surface area contributed by atoms with Crippen molar-refractivity contribution in [2.24, 2.45) is 5.14 Å². The number of benzene rings is 3. The maximum absolute atomic E-state index is 13.9. The Morgan fingerprint density at radius 1 is 1.10 bits per heavy atom. The van der Waals surface area contributed by atoms with Crippen LogP contribution in [0, 0.1) is 0 Å². The summed E-state index contributed by atoms with van der Waals surface area (Å²) >= 11 is 1.49. The molecule has 0 spiro atoms. The first-order valence-corrected chi connectivity index (χ1v) is 16.0. The fraction of sp³-hybridized carbons (Fsp3) is 0.333. The first-order chi connectivity index (χ1) is 19.9. The zero-order valence-electron chi connectivity index (χ0n) is 23.5. The minimum absolute atomic E-state index is 0.0351. The predicted octanol–water partition coefficient (Wildman–Crippen LogP) is 2.24. The van der Waals surface area contributed by atoms with Crippen LogP contribution in [0.5, 0.6) is 0 Å². The molecular formula is C30H36N4O6S2. The molecule has 224 valence electrons. The van der Waals surface area contributed by atoms with E-state index in [1.54, 1.807) is 35.2 Å². The number of anilines is 1. The number of aliphatic hydroxyl groups is 2. The van der Waals surface area contributed by atoms with Crippen molar-refractivity contribution in [3.8, 4) is 11.1 Å². The molecule has 2 atom stereocenters. The molecule has 0 saturated heterocycles. The molecule has 12 heteroatoms. The second kappa shape index (κ2) is 13.4. The summed E-state index contributed by atoms with van der Waals surface area (Å²) in [6, 6.07) is 20.6. The molecule has 0 aliphatic carbocycles. The molecule has 2 amide bonds. The van der Waals surface area contributed by atoms with E-state index in [4.69, 9.17) is 10.2 Å². The predicted molar refractivity (Wildman–Crippen MR) is 163 cm³/mol. The van der Waals surface area contributed by atoms with Gasteiger partial charge in [-0.2, -0.15) is 0 Å². The summed E-state index contributed by atoms with van der Waals surface area (Å²) in [5.41, 5.74) is 2.06. The van der Waals surface area contributed by atoms with E-state index in [1.807, 2.05) is 50.2 Å². The number of nitrogens with zero attached hydrogens (tertiary/aromatic N) is 1. The van der Waals surface area contributed by atoms with Gasteiger partial charge in [-0.3, -0.25) is 9.59 Å². The van der Waals surface area contributed by atoms with Crippen molar-refractivity contribution < 1.29 is 28.2 Å².